The van der Waals surface area contributed by atoms with Gasteiger partial charge in [-0.05, 0) is 42.8 Å². The number of hydrogen-bond donors (Lipinski definition) is 1. The molecule has 1 atom stereocenters. The van der Waals surface area contributed by atoms with Crippen molar-refractivity contribution in [2.75, 3.05) is 15.9 Å². The Morgan fingerprint density at radius 1 is 0.933 bits per heavy atom. The number of nitrogens with one attached hydrogen (secondary N) is 1. The van der Waals surface area contributed by atoms with Crippen molar-refractivity contribution in [3.8, 4) is 11.5 Å². The average molecular weight is 425 g/mol. The predicted molar refractivity (Wildman–Crippen MR) is 119 cm³/mol. The van der Waals surface area contributed by atoms with E-state index in [9.17, 15) is 13.2 Å². The molecule has 0 heterocycles. The van der Waals surface area contributed by atoms with Crippen LogP contribution < -0.4 is 14.4 Å². The molecule has 0 aliphatic rings. The number of ether oxygens (including phenoxy) is 1. The molecule has 0 aliphatic heterocycles. The van der Waals surface area contributed by atoms with Crippen LogP contribution in [0.3, 0.4) is 0 Å². The summed E-state index contributed by atoms with van der Waals surface area (Å²) in [5.41, 5.74) is 0.905. The highest BCUT2D eigenvalue weighted by atomic mass is 32.2. The van der Waals surface area contributed by atoms with Gasteiger partial charge in [-0.1, -0.05) is 55.5 Å². The van der Waals surface area contributed by atoms with Gasteiger partial charge in [-0.15, -0.1) is 0 Å². The van der Waals surface area contributed by atoms with E-state index in [0.717, 1.165) is 10.6 Å². The number of benzene rings is 3. The highest BCUT2D eigenvalue weighted by Gasteiger charge is 2.31. The summed E-state index contributed by atoms with van der Waals surface area (Å²) in [4.78, 5) is 13.1. The number of rotatable bonds is 8. The normalized spacial score (nSPS) is 12.1. The van der Waals surface area contributed by atoms with Gasteiger partial charge in [0.15, 0.2) is 5.75 Å². The molecule has 0 aliphatic carbocycles. The summed E-state index contributed by atoms with van der Waals surface area (Å²) in [7, 11) is -3.68. The first-order chi connectivity index (χ1) is 14.4. The van der Waals surface area contributed by atoms with Crippen molar-refractivity contribution in [2.45, 2.75) is 19.4 Å². The first kappa shape index (κ1) is 21.4. The van der Waals surface area contributed by atoms with Crippen molar-refractivity contribution in [2.24, 2.45) is 0 Å². The van der Waals surface area contributed by atoms with Crippen LogP contribution in [0.4, 0.5) is 11.4 Å². The van der Waals surface area contributed by atoms with Crippen LogP contribution in [0.25, 0.3) is 0 Å². The van der Waals surface area contributed by atoms with E-state index in [1.54, 1.807) is 61.5 Å². The number of nitrogens with zero attached hydrogens (tertiary/aromatic N) is 1. The van der Waals surface area contributed by atoms with Gasteiger partial charge in [0.05, 0.1) is 17.6 Å². The standard InChI is InChI=1S/C23H24N2O4S/c1-3-21(25(30(2,27)28)18-12-6-4-7-13-18)23(26)24-20-16-10-11-17-22(20)29-19-14-8-5-9-15-19/h4-17,21H,3H2,1-2H3,(H,24,26)/t21-/m1/s1. The molecule has 7 heteroatoms. The van der Waals surface area contributed by atoms with E-state index in [4.69, 9.17) is 4.74 Å². The lowest BCUT2D eigenvalue weighted by Crippen LogP contribution is -2.47. The summed E-state index contributed by atoms with van der Waals surface area (Å²) in [6.07, 6.45) is 1.40. The van der Waals surface area contributed by atoms with Gasteiger partial charge in [0, 0.05) is 0 Å². The second-order valence-corrected chi connectivity index (χ2v) is 8.58. The molecule has 0 fully saturated rings. The molecule has 3 aromatic rings. The third-order valence-corrected chi connectivity index (χ3v) is 5.64. The predicted octanol–water partition coefficient (Wildman–Crippen LogP) is 4.66. The monoisotopic (exact) mass is 424 g/mol. The lowest BCUT2D eigenvalue weighted by atomic mass is 10.1. The fourth-order valence-electron chi connectivity index (χ4n) is 3.13. The summed E-state index contributed by atoms with van der Waals surface area (Å²) in [5, 5.41) is 2.83. The number of hydrogen-bond acceptors (Lipinski definition) is 4. The highest BCUT2D eigenvalue weighted by molar-refractivity contribution is 7.92. The molecule has 0 radical (unpaired) electrons. The third-order valence-electron chi connectivity index (χ3n) is 4.46. The molecule has 156 valence electrons. The first-order valence-corrected chi connectivity index (χ1v) is 11.4. The van der Waals surface area contributed by atoms with E-state index in [1.165, 1.54) is 0 Å². The zero-order valence-electron chi connectivity index (χ0n) is 16.9. The second-order valence-electron chi connectivity index (χ2n) is 6.72. The van der Waals surface area contributed by atoms with Gasteiger partial charge in [-0.3, -0.25) is 9.10 Å². The van der Waals surface area contributed by atoms with Gasteiger partial charge < -0.3 is 10.1 Å². The quantitative estimate of drug-likeness (QED) is 0.571. The molecule has 0 spiro atoms. The number of para-hydroxylation sites is 4. The SMILES string of the molecule is CC[C@H](C(=O)Nc1ccccc1Oc1ccccc1)N(c1ccccc1)S(C)(=O)=O. The van der Waals surface area contributed by atoms with E-state index in [-0.39, 0.29) is 0 Å². The number of carbonyl (C=O) groups excluding carboxylic acids is 1. The van der Waals surface area contributed by atoms with Crippen LogP contribution in [-0.4, -0.2) is 26.6 Å². The average Bonchev–Trinajstić information content (AvgIpc) is 2.73. The van der Waals surface area contributed by atoms with Crippen molar-refractivity contribution >= 4 is 27.3 Å². The van der Waals surface area contributed by atoms with Crippen LogP contribution in [0.5, 0.6) is 11.5 Å². The molecule has 6 nitrogen and oxygen atoms in total. The molecular formula is C23H24N2O4S. The maximum absolute atomic E-state index is 13.1. The van der Waals surface area contributed by atoms with E-state index in [1.807, 2.05) is 30.3 Å². The second kappa shape index (κ2) is 9.45. The third kappa shape index (κ3) is 5.18. The zero-order valence-corrected chi connectivity index (χ0v) is 17.7. The summed E-state index contributed by atoms with van der Waals surface area (Å²) < 4.78 is 32.1. The maximum atomic E-state index is 13.1. The smallest absolute Gasteiger partial charge is 0.248 e. The molecule has 0 unspecified atom stereocenters. The van der Waals surface area contributed by atoms with Crippen molar-refractivity contribution in [1.29, 1.82) is 0 Å². The molecule has 30 heavy (non-hydrogen) atoms. The Kier molecular flexibility index (Phi) is 6.74. The van der Waals surface area contributed by atoms with Crippen molar-refractivity contribution in [3.05, 3.63) is 84.9 Å². The first-order valence-electron chi connectivity index (χ1n) is 9.57. The van der Waals surface area contributed by atoms with Gasteiger partial charge in [-0.2, -0.15) is 0 Å². The van der Waals surface area contributed by atoms with Crippen LogP contribution in [-0.2, 0) is 14.8 Å². The minimum atomic E-state index is -3.68. The lowest BCUT2D eigenvalue weighted by Gasteiger charge is -2.30. The summed E-state index contributed by atoms with van der Waals surface area (Å²) in [5.74, 6) is 0.668. The Bertz CT molecular complexity index is 1090. The summed E-state index contributed by atoms with van der Waals surface area (Å²) >= 11 is 0. The van der Waals surface area contributed by atoms with Gasteiger partial charge in [0.25, 0.3) is 0 Å². The van der Waals surface area contributed by atoms with Crippen LogP contribution in [0.2, 0.25) is 0 Å². The van der Waals surface area contributed by atoms with Gasteiger partial charge in [-0.25, -0.2) is 8.42 Å². The van der Waals surface area contributed by atoms with Gasteiger partial charge in [0.2, 0.25) is 15.9 Å². The van der Waals surface area contributed by atoms with E-state index < -0.39 is 22.0 Å². The fourth-order valence-corrected chi connectivity index (χ4v) is 4.34. The minimum absolute atomic E-state index is 0.301. The van der Waals surface area contributed by atoms with E-state index in [0.29, 0.717) is 29.3 Å². The molecule has 0 aromatic heterocycles. The Balaban J connectivity index is 1.88. The van der Waals surface area contributed by atoms with Crippen molar-refractivity contribution < 1.29 is 17.9 Å². The molecule has 0 saturated carbocycles. The van der Waals surface area contributed by atoms with Crippen molar-refractivity contribution in [3.63, 3.8) is 0 Å². The number of amides is 1. The molecular weight excluding hydrogens is 400 g/mol. The Morgan fingerprint density at radius 2 is 1.50 bits per heavy atom. The lowest BCUT2D eigenvalue weighted by molar-refractivity contribution is -0.117. The fraction of sp³-hybridized carbons (Fsp3) is 0.174. The van der Waals surface area contributed by atoms with E-state index >= 15 is 0 Å². The van der Waals surface area contributed by atoms with Gasteiger partial charge in [0.1, 0.15) is 11.8 Å². The molecule has 0 saturated heterocycles. The van der Waals surface area contributed by atoms with Crippen molar-refractivity contribution in [1.82, 2.24) is 0 Å². The maximum Gasteiger partial charge on any atom is 0.248 e. The Morgan fingerprint density at radius 3 is 2.10 bits per heavy atom. The molecule has 3 aromatic carbocycles. The minimum Gasteiger partial charge on any atom is -0.455 e. The van der Waals surface area contributed by atoms with E-state index in [2.05, 4.69) is 5.32 Å². The Hall–Kier alpha value is -3.32. The topological polar surface area (TPSA) is 75.7 Å². The largest absolute Gasteiger partial charge is 0.455 e. The number of carbonyl (C=O) groups is 1. The molecule has 1 N–H and O–H groups in total. The highest BCUT2D eigenvalue weighted by Crippen LogP contribution is 2.30. The number of sulfonamides is 1. The zero-order chi connectivity index (χ0) is 21.6. The number of anilines is 2. The Labute approximate surface area is 177 Å². The molecule has 1 amide bonds. The van der Waals surface area contributed by atoms with Crippen LogP contribution in [0.15, 0.2) is 84.9 Å². The summed E-state index contributed by atoms with van der Waals surface area (Å²) in [6, 6.07) is 24.0. The van der Waals surface area contributed by atoms with Crippen LogP contribution in [0, 0.1) is 0 Å². The van der Waals surface area contributed by atoms with Gasteiger partial charge >= 0.3 is 0 Å². The van der Waals surface area contributed by atoms with Crippen LogP contribution >= 0.6 is 0 Å². The molecule has 0 bridgehead atoms. The molecule has 3 rings (SSSR count). The van der Waals surface area contributed by atoms with Crippen LogP contribution in [0.1, 0.15) is 13.3 Å². The summed E-state index contributed by atoms with van der Waals surface area (Å²) in [6.45, 7) is 1.78.